The number of hydrogen-bond donors (Lipinski definition) is 1. The van der Waals surface area contributed by atoms with E-state index in [4.69, 9.17) is 4.52 Å². The van der Waals surface area contributed by atoms with Crippen LogP contribution in [-0.4, -0.2) is 18.6 Å². The summed E-state index contributed by atoms with van der Waals surface area (Å²) in [5.74, 6) is -0.495. The molecule has 1 N–H and O–H groups in total. The average molecular weight is 271 g/mol. The van der Waals surface area contributed by atoms with Crippen LogP contribution in [0, 0.1) is 19.8 Å². The van der Waals surface area contributed by atoms with Gasteiger partial charge in [-0.2, -0.15) is 4.39 Å². The van der Waals surface area contributed by atoms with Crippen molar-refractivity contribution in [2.75, 3.05) is 4.72 Å². The Morgan fingerprint density at radius 1 is 1.33 bits per heavy atom. The minimum absolute atomic E-state index is 0.0215. The van der Waals surface area contributed by atoms with E-state index in [9.17, 15) is 12.8 Å². The monoisotopic (exact) mass is 271 g/mol. The second-order valence-corrected chi connectivity index (χ2v) is 5.25. The van der Waals surface area contributed by atoms with E-state index in [1.54, 1.807) is 0 Å². The maximum Gasteiger partial charge on any atom is 0.267 e. The number of hydrogen-bond acceptors (Lipinski definition) is 5. The molecule has 2 heterocycles. The lowest BCUT2D eigenvalue weighted by Gasteiger charge is -2.06. The van der Waals surface area contributed by atoms with Gasteiger partial charge in [-0.05, 0) is 26.0 Å². The number of pyridine rings is 1. The third kappa shape index (κ3) is 2.33. The van der Waals surface area contributed by atoms with Crippen LogP contribution >= 0.6 is 0 Å². The number of rotatable bonds is 3. The molecule has 0 fully saturated rings. The largest absolute Gasteiger partial charge is 0.360 e. The minimum atomic E-state index is -3.81. The smallest absolute Gasteiger partial charge is 0.267 e. The molecule has 0 aliphatic carbocycles. The van der Waals surface area contributed by atoms with E-state index in [0.29, 0.717) is 0 Å². The molecule has 18 heavy (non-hydrogen) atoms. The van der Waals surface area contributed by atoms with Crippen LogP contribution in [0.15, 0.2) is 27.7 Å². The molecule has 2 rings (SSSR count). The van der Waals surface area contributed by atoms with Crippen molar-refractivity contribution >= 4 is 15.7 Å². The molecule has 0 aliphatic heterocycles. The van der Waals surface area contributed by atoms with Gasteiger partial charge in [0.05, 0.1) is 11.9 Å². The molecule has 0 saturated carbocycles. The van der Waals surface area contributed by atoms with E-state index >= 15 is 0 Å². The summed E-state index contributed by atoms with van der Waals surface area (Å²) in [4.78, 5) is 3.34. The fraction of sp³-hybridized carbons (Fsp3) is 0.200. The predicted molar refractivity (Wildman–Crippen MR) is 61.0 cm³/mol. The van der Waals surface area contributed by atoms with Crippen LogP contribution in [0.25, 0.3) is 0 Å². The highest BCUT2D eigenvalue weighted by Gasteiger charge is 2.24. The average Bonchev–Trinajstić information content (AvgIpc) is 2.62. The highest BCUT2D eigenvalue weighted by molar-refractivity contribution is 7.92. The Morgan fingerprint density at radius 2 is 2.06 bits per heavy atom. The molecule has 0 unspecified atom stereocenters. The number of nitrogens with one attached hydrogen (secondary N) is 1. The molecule has 8 heteroatoms. The van der Waals surface area contributed by atoms with Gasteiger partial charge < -0.3 is 4.52 Å². The fourth-order valence-corrected chi connectivity index (χ4v) is 2.88. The molecule has 0 radical (unpaired) electrons. The first-order valence-electron chi connectivity index (χ1n) is 4.97. The zero-order valence-electron chi connectivity index (χ0n) is 9.64. The van der Waals surface area contributed by atoms with Gasteiger partial charge in [-0.1, -0.05) is 5.16 Å². The molecule has 0 spiro atoms. The van der Waals surface area contributed by atoms with Crippen molar-refractivity contribution in [2.24, 2.45) is 0 Å². The van der Waals surface area contributed by atoms with Gasteiger partial charge in [-0.15, -0.1) is 0 Å². The first-order chi connectivity index (χ1) is 8.40. The van der Waals surface area contributed by atoms with Crippen molar-refractivity contribution in [1.82, 2.24) is 10.1 Å². The van der Waals surface area contributed by atoms with Crippen LogP contribution in [-0.2, 0) is 10.0 Å². The van der Waals surface area contributed by atoms with E-state index in [1.165, 1.54) is 19.9 Å². The summed E-state index contributed by atoms with van der Waals surface area (Å²) < 4.78 is 43.8. The second kappa shape index (κ2) is 4.37. The van der Waals surface area contributed by atoms with E-state index in [1.807, 2.05) is 0 Å². The predicted octanol–water partition coefficient (Wildman–Crippen LogP) is 1.63. The molecule has 0 aliphatic rings. The quantitative estimate of drug-likeness (QED) is 0.857. The highest BCUT2D eigenvalue weighted by atomic mass is 32.2. The Morgan fingerprint density at radius 3 is 2.56 bits per heavy atom. The number of aryl methyl sites for hydroxylation is 2. The molecule has 0 saturated heterocycles. The number of anilines is 1. The summed E-state index contributed by atoms with van der Waals surface area (Å²) in [5, 5.41) is 3.57. The molecular formula is C10H10FN3O3S. The fourth-order valence-electron chi connectivity index (χ4n) is 1.50. The Labute approximate surface area is 103 Å². The van der Waals surface area contributed by atoms with E-state index in [0.717, 1.165) is 12.3 Å². The number of sulfonamides is 1. The van der Waals surface area contributed by atoms with Gasteiger partial charge in [0.25, 0.3) is 10.0 Å². The molecular weight excluding hydrogens is 261 g/mol. The van der Waals surface area contributed by atoms with Crippen LogP contribution in [0.3, 0.4) is 0 Å². The lowest BCUT2D eigenvalue weighted by atomic mass is 10.4. The van der Waals surface area contributed by atoms with Crippen LogP contribution in [0.4, 0.5) is 10.1 Å². The van der Waals surface area contributed by atoms with Gasteiger partial charge in [-0.25, -0.2) is 13.4 Å². The molecule has 0 atom stereocenters. The molecule has 2 aromatic rings. The first kappa shape index (κ1) is 12.5. The van der Waals surface area contributed by atoms with Crippen LogP contribution in [0.5, 0.6) is 0 Å². The highest BCUT2D eigenvalue weighted by Crippen LogP contribution is 2.21. The number of halogens is 1. The Bertz CT molecular complexity index is 645. The number of aromatic nitrogens is 2. The van der Waals surface area contributed by atoms with Gasteiger partial charge in [0.2, 0.25) is 5.95 Å². The Kier molecular flexibility index (Phi) is 3.04. The minimum Gasteiger partial charge on any atom is -0.360 e. The topological polar surface area (TPSA) is 85.1 Å². The van der Waals surface area contributed by atoms with Gasteiger partial charge in [-0.3, -0.25) is 4.72 Å². The number of nitrogens with zero attached hydrogens (tertiary/aromatic N) is 2. The normalized spacial score (nSPS) is 11.5. The van der Waals surface area contributed by atoms with Crippen molar-refractivity contribution in [3.8, 4) is 0 Å². The summed E-state index contributed by atoms with van der Waals surface area (Å²) in [5.41, 5.74) is 0.423. The van der Waals surface area contributed by atoms with Crippen LogP contribution in [0.1, 0.15) is 11.5 Å². The molecule has 2 aromatic heterocycles. The standard InChI is InChI=1S/C10H10FN3O3S/c1-6-10(7(2)17-13-6)18(15,16)14-8-3-4-9(11)12-5-8/h3-5,14H,1-2H3. The lowest BCUT2D eigenvalue weighted by molar-refractivity contribution is 0.390. The summed E-state index contributed by atoms with van der Waals surface area (Å²) in [7, 11) is -3.81. The molecule has 0 amide bonds. The third-order valence-corrected chi connectivity index (χ3v) is 3.84. The van der Waals surface area contributed by atoms with E-state index in [-0.39, 0.29) is 22.0 Å². The maximum atomic E-state index is 12.6. The molecule has 0 bridgehead atoms. The SMILES string of the molecule is Cc1noc(C)c1S(=O)(=O)Nc1ccc(F)nc1. The lowest BCUT2D eigenvalue weighted by Crippen LogP contribution is -2.14. The zero-order chi connectivity index (χ0) is 13.3. The molecule has 96 valence electrons. The van der Waals surface area contributed by atoms with Crippen molar-refractivity contribution in [3.05, 3.63) is 35.7 Å². The summed E-state index contributed by atoms with van der Waals surface area (Å²) in [6.07, 6.45) is 1.09. The van der Waals surface area contributed by atoms with E-state index < -0.39 is 16.0 Å². The van der Waals surface area contributed by atoms with Crippen LogP contribution in [0.2, 0.25) is 0 Å². The van der Waals surface area contributed by atoms with Gasteiger partial charge >= 0.3 is 0 Å². The van der Waals surface area contributed by atoms with Crippen molar-refractivity contribution < 1.29 is 17.3 Å². The zero-order valence-corrected chi connectivity index (χ0v) is 10.5. The van der Waals surface area contributed by atoms with E-state index in [2.05, 4.69) is 14.9 Å². The van der Waals surface area contributed by atoms with Crippen molar-refractivity contribution in [1.29, 1.82) is 0 Å². The summed E-state index contributed by atoms with van der Waals surface area (Å²) in [6, 6.07) is 2.34. The van der Waals surface area contributed by atoms with Crippen molar-refractivity contribution in [3.63, 3.8) is 0 Å². The van der Waals surface area contributed by atoms with Gasteiger partial charge in [0.1, 0.15) is 5.69 Å². The first-order valence-corrected chi connectivity index (χ1v) is 6.46. The summed E-state index contributed by atoms with van der Waals surface area (Å²) in [6.45, 7) is 3.02. The van der Waals surface area contributed by atoms with Gasteiger partial charge in [0.15, 0.2) is 10.7 Å². The Balaban J connectivity index is 2.36. The second-order valence-electron chi connectivity index (χ2n) is 3.63. The summed E-state index contributed by atoms with van der Waals surface area (Å²) >= 11 is 0. The van der Waals surface area contributed by atoms with Gasteiger partial charge in [0, 0.05) is 0 Å². The third-order valence-electron chi connectivity index (χ3n) is 2.22. The van der Waals surface area contributed by atoms with Crippen LogP contribution < -0.4 is 4.72 Å². The van der Waals surface area contributed by atoms with Crippen molar-refractivity contribution in [2.45, 2.75) is 18.7 Å². The molecule has 0 aromatic carbocycles. The Hall–Kier alpha value is -1.96. The maximum absolute atomic E-state index is 12.6. The molecule has 6 nitrogen and oxygen atoms in total.